The van der Waals surface area contributed by atoms with Crippen molar-refractivity contribution >= 4 is 11.9 Å². The van der Waals surface area contributed by atoms with Gasteiger partial charge in [0.05, 0.1) is 18.8 Å². The number of likely N-dealkylation sites (tertiary alicyclic amines) is 1. The van der Waals surface area contributed by atoms with E-state index in [1.807, 2.05) is 4.90 Å². The van der Waals surface area contributed by atoms with Gasteiger partial charge in [0.25, 0.3) is 5.91 Å². The molecule has 1 amide bonds. The summed E-state index contributed by atoms with van der Waals surface area (Å²) in [4.78, 5) is 25.6. The number of amides is 1. The first-order chi connectivity index (χ1) is 11.8. The molecule has 4 heterocycles. The predicted molar refractivity (Wildman–Crippen MR) is 90.1 cm³/mol. The second-order valence-electron chi connectivity index (χ2n) is 6.87. The highest BCUT2D eigenvalue weighted by molar-refractivity contribution is 5.93. The van der Waals surface area contributed by atoms with Crippen molar-refractivity contribution in [1.82, 2.24) is 20.2 Å². The Morgan fingerprint density at radius 1 is 1.17 bits per heavy atom. The molecule has 3 aliphatic rings. The molecule has 4 rings (SSSR count). The zero-order chi connectivity index (χ0) is 16.4. The van der Waals surface area contributed by atoms with Gasteiger partial charge >= 0.3 is 0 Å². The van der Waals surface area contributed by atoms with Gasteiger partial charge in [-0.3, -0.25) is 4.79 Å². The molecule has 1 N–H and O–H groups in total. The van der Waals surface area contributed by atoms with Crippen molar-refractivity contribution in [2.24, 2.45) is 5.92 Å². The van der Waals surface area contributed by atoms with Gasteiger partial charge in [-0.15, -0.1) is 0 Å². The summed E-state index contributed by atoms with van der Waals surface area (Å²) in [6.07, 6.45) is 6.81. The minimum absolute atomic E-state index is 0.0625. The molecule has 7 nitrogen and oxygen atoms in total. The maximum atomic E-state index is 12.8. The molecular weight excluding hydrogens is 306 g/mol. The number of anilines is 1. The molecule has 130 valence electrons. The molecule has 0 bridgehead atoms. The fraction of sp³-hybridized carbons (Fsp3) is 0.706. The van der Waals surface area contributed by atoms with Gasteiger partial charge < -0.3 is 19.9 Å². The molecule has 0 saturated carbocycles. The Morgan fingerprint density at radius 3 is 2.75 bits per heavy atom. The van der Waals surface area contributed by atoms with Crippen LogP contribution in [0.15, 0.2) is 12.4 Å². The van der Waals surface area contributed by atoms with Crippen molar-refractivity contribution in [3.63, 3.8) is 0 Å². The van der Waals surface area contributed by atoms with Crippen molar-refractivity contribution in [3.8, 4) is 0 Å². The van der Waals surface area contributed by atoms with Crippen molar-refractivity contribution < 1.29 is 9.53 Å². The van der Waals surface area contributed by atoms with Crippen LogP contribution >= 0.6 is 0 Å². The number of morpholine rings is 1. The van der Waals surface area contributed by atoms with Crippen LogP contribution in [0, 0.1) is 5.92 Å². The number of ether oxygens (including phenoxy) is 1. The Labute approximate surface area is 142 Å². The van der Waals surface area contributed by atoms with Gasteiger partial charge in [-0.1, -0.05) is 0 Å². The molecule has 2 atom stereocenters. The molecule has 3 aliphatic heterocycles. The van der Waals surface area contributed by atoms with E-state index in [0.717, 1.165) is 39.1 Å². The summed E-state index contributed by atoms with van der Waals surface area (Å²) in [5, 5.41) is 3.59. The largest absolute Gasteiger partial charge is 0.378 e. The zero-order valence-electron chi connectivity index (χ0n) is 14.0. The van der Waals surface area contributed by atoms with Gasteiger partial charge in [0.15, 0.2) is 0 Å². The van der Waals surface area contributed by atoms with Crippen LogP contribution in [-0.2, 0) is 4.74 Å². The third-order valence-corrected chi connectivity index (χ3v) is 5.36. The Balaban J connectivity index is 1.40. The molecule has 24 heavy (non-hydrogen) atoms. The van der Waals surface area contributed by atoms with Crippen molar-refractivity contribution in [2.45, 2.75) is 25.3 Å². The fourth-order valence-electron chi connectivity index (χ4n) is 3.97. The summed E-state index contributed by atoms with van der Waals surface area (Å²) in [6.45, 7) is 5.79. The van der Waals surface area contributed by atoms with Crippen molar-refractivity contribution in [3.05, 3.63) is 18.0 Å². The second kappa shape index (κ2) is 7.03. The topological polar surface area (TPSA) is 70.6 Å². The third kappa shape index (κ3) is 3.23. The maximum absolute atomic E-state index is 12.8. The van der Waals surface area contributed by atoms with E-state index in [4.69, 9.17) is 4.74 Å². The predicted octanol–water partition coefficient (Wildman–Crippen LogP) is 0.527. The van der Waals surface area contributed by atoms with E-state index in [9.17, 15) is 4.79 Å². The SMILES string of the molecule is O=C(c1cnc(N2CCOCC2)nc1)N1CC[C@@H]2NCCC[C@@H]2C1. The highest BCUT2D eigenvalue weighted by Crippen LogP contribution is 2.25. The minimum atomic E-state index is 0.0625. The van der Waals surface area contributed by atoms with Crippen LogP contribution in [0.2, 0.25) is 0 Å². The summed E-state index contributed by atoms with van der Waals surface area (Å²) in [5.74, 6) is 1.34. The number of carbonyl (C=O) groups excluding carboxylic acids is 1. The molecule has 0 spiro atoms. The number of rotatable bonds is 2. The first-order valence-electron chi connectivity index (χ1n) is 8.98. The van der Waals surface area contributed by atoms with E-state index >= 15 is 0 Å². The van der Waals surface area contributed by atoms with E-state index in [0.29, 0.717) is 36.7 Å². The Hall–Kier alpha value is -1.73. The normalized spacial score (nSPS) is 27.7. The van der Waals surface area contributed by atoms with Gasteiger partial charge in [-0.05, 0) is 31.7 Å². The molecule has 3 fully saturated rings. The molecule has 0 aromatic carbocycles. The molecule has 1 aromatic heterocycles. The molecule has 0 aliphatic carbocycles. The molecule has 1 aromatic rings. The van der Waals surface area contributed by atoms with Crippen LogP contribution in [0.3, 0.4) is 0 Å². The summed E-state index contributed by atoms with van der Waals surface area (Å²) < 4.78 is 5.34. The summed E-state index contributed by atoms with van der Waals surface area (Å²) in [6, 6.07) is 0.586. The van der Waals surface area contributed by atoms with Gasteiger partial charge in [0, 0.05) is 44.6 Å². The minimum Gasteiger partial charge on any atom is -0.378 e. The lowest BCUT2D eigenvalue weighted by Crippen LogP contribution is -2.53. The number of fused-ring (bicyclic) bond motifs is 1. The van der Waals surface area contributed by atoms with Crippen LogP contribution in [0.25, 0.3) is 0 Å². The van der Waals surface area contributed by atoms with E-state index in [1.165, 1.54) is 12.8 Å². The number of hydrogen-bond acceptors (Lipinski definition) is 6. The Morgan fingerprint density at radius 2 is 1.96 bits per heavy atom. The Bertz CT molecular complexity index is 573. The van der Waals surface area contributed by atoms with Crippen molar-refractivity contribution in [1.29, 1.82) is 0 Å². The van der Waals surface area contributed by atoms with Crippen LogP contribution in [0.4, 0.5) is 5.95 Å². The number of aromatic nitrogens is 2. The van der Waals surface area contributed by atoms with Crippen LogP contribution < -0.4 is 10.2 Å². The lowest BCUT2D eigenvalue weighted by Gasteiger charge is -2.41. The number of carbonyl (C=O) groups is 1. The number of nitrogens with zero attached hydrogens (tertiary/aromatic N) is 4. The molecule has 0 radical (unpaired) electrons. The standard InChI is InChI=1S/C17H25N5O2/c23-16(22-5-3-15-13(12-22)2-1-4-18-15)14-10-19-17(20-11-14)21-6-8-24-9-7-21/h10-11,13,15,18H,1-9,12H2/t13-,15+/m1/s1. The van der Waals surface area contributed by atoms with Crippen LogP contribution in [0.5, 0.6) is 0 Å². The lowest BCUT2D eigenvalue weighted by atomic mass is 9.85. The number of hydrogen-bond donors (Lipinski definition) is 1. The molecule has 3 saturated heterocycles. The maximum Gasteiger partial charge on any atom is 0.257 e. The molecule has 7 heteroatoms. The molecular formula is C17H25N5O2. The first-order valence-corrected chi connectivity index (χ1v) is 8.98. The zero-order valence-corrected chi connectivity index (χ0v) is 14.0. The summed E-state index contributed by atoms with van der Waals surface area (Å²) in [5.41, 5.74) is 0.592. The van der Waals surface area contributed by atoms with Gasteiger partial charge in [-0.25, -0.2) is 9.97 Å². The van der Waals surface area contributed by atoms with Gasteiger partial charge in [0.1, 0.15) is 0 Å². The van der Waals surface area contributed by atoms with E-state index < -0.39 is 0 Å². The number of nitrogens with one attached hydrogen (secondary N) is 1. The quantitative estimate of drug-likeness (QED) is 0.852. The number of piperidine rings is 2. The summed E-state index contributed by atoms with van der Waals surface area (Å²) >= 11 is 0. The average molecular weight is 331 g/mol. The van der Waals surface area contributed by atoms with Gasteiger partial charge in [0.2, 0.25) is 5.95 Å². The Kier molecular flexibility index (Phi) is 4.62. The highest BCUT2D eigenvalue weighted by atomic mass is 16.5. The van der Waals surface area contributed by atoms with Crippen molar-refractivity contribution in [2.75, 3.05) is 50.8 Å². The van der Waals surface area contributed by atoms with Crippen LogP contribution in [-0.4, -0.2) is 72.8 Å². The molecule has 0 unspecified atom stereocenters. The monoisotopic (exact) mass is 331 g/mol. The second-order valence-corrected chi connectivity index (χ2v) is 6.87. The smallest absolute Gasteiger partial charge is 0.257 e. The fourth-order valence-corrected chi connectivity index (χ4v) is 3.97. The lowest BCUT2D eigenvalue weighted by molar-refractivity contribution is 0.0592. The van der Waals surface area contributed by atoms with E-state index in [2.05, 4.69) is 20.2 Å². The van der Waals surface area contributed by atoms with Crippen LogP contribution in [0.1, 0.15) is 29.6 Å². The van der Waals surface area contributed by atoms with E-state index in [-0.39, 0.29) is 5.91 Å². The van der Waals surface area contributed by atoms with Gasteiger partial charge in [-0.2, -0.15) is 0 Å². The summed E-state index contributed by atoms with van der Waals surface area (Å²) in [7, 11) is 0. The average Bonchev–Trinajstić information content (AvgIpc) is 2.68. The van der Waals surface area contributed by atoms with E-state index in [1.54, 1.807) is 12.4 Å². The first kappa shape index (κ1) is 15.8. The highest BCUT2D eigenvalue weighted by Gasteiger charge is 2.33. The third-order valence-electron chi connectivity index (χ3n) is 5.36.